The maximum atomic E-state index is 12.3. The summed E-state index contributed by atoms with van der Waals surface area (Å²) in [7, 11) is 0. The van der Waals surface area contributed by atoms with E-state index < -0.39 is 0 Å². The molecule has 0 spiro atoms. The Balaban J connectivity index is 1.63. The molecule has 1 aromatic heterocycles. The van der Waals surface area contributed by atoms with Crippen LogP contribution in [0.1, 0.15) is 21.5 Å². The van der Waals surface area contributed by atoms with E-state index >= 15 is 0 Å². The number of aromatic nitrogens is 2. The van der Waals surface area contributed by atoms with Crippen molar-refractivity contribution >= 4 is 23.7 Å². The molecular formula is C24H19ClN4O. The number of hydrazone groups is 1. The summed E-state index contributed by atoms with van der Waals surface area (Å²) in [5.74, 6) is -0.310. The van der Waals surface area contributed by atoms with Gasteiger partial charge in [0.25, 0.3) is 5.91 Å². The zero-order valence-electron chi connectivity index (χ0n) is 16.3. The number of benzene rings is 3. The van der Waals surface area contributed by atoms with Crippen LogP contribution < -0.4 is 5.43 Å². The third-order valence-electron chi connectivity index (χ3n) is 4.56. The summed E-state index contributed by atoms with van der Waals surface area (Å²) in [5, 5.41) is 9.46. The van der Waals surface area contributed by atoms with Crippen LogP contribution in [0.15, 0.2) is 90.2 Å². The maximum absolute atomic E-state index is 12.3. The van der Waals surface area contributed by atoms with Crippen molar-refractivity contribution in [2.24, 2.45) is 5.10 Å². The normalized spacial score (nSPS) is 11.0. The largest absolute Gasteiger partial charge is 0.271 e. The fourth-order valence-corrected chi connectivity index (χ4v) is 3.08. The second kappa shape index (κ2) is 8.76. The topological polar surface area (TPSA) is 59.3 Å². The van der Waals surface area contributed by atoms with Crippen molar-refractivity contribution in [2.45, 2.75) is 6.92 Å². The molecule has 1 heterocycles. The Morgan fingerprint density at radius 3 is 2.40 bits per heavy atom. The molecule has 0 saturated heterocycles. The van der Waals surface area contributed by atoms with Crippen molar-refractivity contribution in [3.05, 3.63) is 107 Å². The molecule has 4 aromatic rings. The van der Waals surface area contributed by atoms with Gasteiger partial charge in [-0.05, 0) is 43.3 Å². The predicted octanol–water partition coefficient (Wildman–Crippen LogP) is 5.27. The first-order chi connectivity index (χ1) is 14.6. The number of nitrogens with zero attached hydrogens (tertiary/aromatic N) is 3. The minimum atomic E-state index is -0.310. The molecule has 30 heavy (non-hydrogen) atoms. The van der Waals surface area contributed by atoms with E-state index in [1.165, 1.54) is 5.56 Å². The average Bonchev–Trinajstić information content (AvgIpc) is 3.19. The van der Waals surface area contributed by atoms with E-state index in [2.05, 4.69) is 10.5 Å². The lowest BCUT2D eigenvalue weighted by Crippen LogP contribution is -2.17. The molecule has 3 aromatic carbocycles. The number of hydrogen-bond acceptors (Lipinski definition) is 3. The van der Waals surface area contributed by atoms with E-state index in [9.17, 15) is 4.79 Å². The lowest BCUT2D eigenvalue weighted by atomic mass is 10.1. The number of carbonyl (C=O) groups excluding carboxylic acids is 1. The zero-order chi connectivity index (χ0) is 20.9. The Bertz CT molecular complexity index is 1180. The Morgan fingerprint density at radius 2 is 1.70 bits per heavy atom. The summed E-state index contributed by atoms with van der Waals surface area (Å²) in [4.78, 5) is 12.3. The van der Waals surface area contributed by atoms with Crippen LogP contribution in [0, 0.1) is 6.92 Å². The number of nitrogens with one attached hydrogen (secondary N) is 1. The quantitative estimate of drug-likeness (QED) is 0.357. The highest BCUT2D eigenvalue weighted by Crippen LogP contribution is 2.23. The molecule has 1 N–H and O–H groups in total. The lowest BCUT2D eigenvalue weighted by Gasteiger charge is -2.01. The van der Waals surface area contributed by atoms with E-state index in [-0.39, 0.29) is 5.91 Å². The van der Waals surface area contributed by atoms with Crippen molar-refractivity contribution in [3.63, 3.8) is 0 Å². The van der Waals surface area contributed by atoms with E-state index in [1.54, 1.807) is 35.2 Å². The lowest BCUT2D eigenvalue weighted by molar-refractivity contribution is 0.0955. The van der Waals surface area contributed by atoms with Crippen molar-refractivity contribution in [1.82, 2.24) is 15.2 Å². The number of hydrogen-bond donors (Lipinski definition) is 1. The van der Waals surface area contributed by atoms with Crippen LogP contribution in [0.4, 0.5) is 0 Å². The molecule has 0 unspecified atom stereocenters. The van der Waals surface area contributed by atoms with Crippen LogP contribution in [-0.4, -0.2) is 21.9 Å². The summed E-state index contributed by atoms with van der Waals surface area (Å²) in [6.07, 6.45) is 3.50. The second-order valence-corrected chi connectivity index (χ2v) is 7.22. The van der Waals surface area contributed by atoms with Gasteiger partial charge in [-0.3, -0.25) is 4.79 Å². The molecule has 0 bridgehead atoms. The first kappa shape index (κ1) is 19.6. The molecule has 0 aliphatic heterocycles. The number of amides is 1. The highest BCUT2D eigenvalue weighted by molar-refractivity contribution is 6.30. The molecule has 6 heteroatoms. The third-order valence-corrected chi connectivity index (χ3v) is 4.82. The van der Waals surface area contributed by atoms with Crippen LogP contribution in [0.5, 0.6) is 0 Å². The summed E-state index contributed by atoms with van der Waals surface area (Å²) < 4.78 is 1.80. The minimum Gasteiger partial charge on any atom is -0.267 e. The average molecular weight is 415 g/mol. The van der Waals surface area contributed by atoms with E-state index in [1.807, 2.05) is 67.7 Å². The Labute approximate surface area is 179 Å². The van der Waals surface area contributed by atoms with Gasteiger partial charge in [0.1, 0.15) is 5.69 Å². The standard InChI is InChI=1S/C24H19ClN4O/c1-17-7-9-18(10-8-17)23-20(16-29(28-23)22-5-3-2-4-6-22)15-26-27-24(30)19-11-13-21(25)14-12-19/h2-16H,1H3,(H,27,30)/b26-15+. The first-order valence-electron chi connectivity index (χ1n) is 9.41. The molecule has 4 rings (SSSR count). The number of para-hydroxylation sites is 1. The van der Waals surface area contributed by atoms with Crippen molar-refractivity contribution in [1.29, 1.82) is 0 Å². The molecule has 0 fully saturated rings. The van der Waals surface area contributed by atoms with Crippen LogP contribution in [0.25, 0.3) is 16.9 Å². The van der Waals surface area contributed by atoms with Gasteiger partial charge in [0, 0.05) is 27.9 Å². The molecule has 0 atom stereocenters. The van der Waals surface area contributed by atoms with Gasteiger partial charge < -0.3 is 0 Å². The summed E-state index contributed by atoms with van der Waals surface area (Å²) in [6, 6.07) is 24.6. The van der Waals surface area contributed by atoms with Gasteiger partial charge in [-0.25, -0.2) is 10.1 Å². The van der Waals surface area contributed by atoms with Crippen LogP contribution in [0.3, 0.4) is 0 Å². The van der Waals surface area contributed by atoms with Crippen LogP contribution in [0.2, 0.25) is 5.02 Å². The van der Waals surface area contributed by atoms with Gasteiger partial charge in [-0.2, -0.15) is 10.2 Å². The third kappa shape index (κ3) is 4.47. The fraction of sp³-hybridized carbons (Fsp3) is 0.0417. The summed E-state index contributed by atoms with van der Waals surface area (Å²) >= 11 is 5.87. The van der Waals surface area contributed by atoms with Gasteiger partial charge in [-0.15, -0.1) is 0 Å². The molecule has 0 radical (unpaired) electrons. The minimum absolute atomic E-state index is 0.310. The van der Waals surface area contributed by atoms with Gasteiger partial charge in [0.05, 0.1) is 11.9 Å². The second-order valence-electron chi connectivity index (χ2n) is 6.79. The van der Waals surface area contributed by atoms with Crippen molar-refractivity contribution in [2.75, 3.05) is 0 Å². The van der Waals surface area contributed by atoms with Crippen molar-refractivity contribution in [3.8, 4) is 16.9 Å². The summed E-state index contributed by atoms with van der Waals surface area (Å²) in [6.45, 7) is 2.04. The molecule has 0 saturated carbocycles. The first-order valence-corrected chi connectivity index (χ1v) is 9.79. The molecule has 5 nitrogen and oxygen atoms in total. The fourth-order valence-electron chi connectivity index (χ4n) is 2.96. The predicted molar refractivity (Wildman–Crippen MR) is 120 cm³/mol. The van der Waals surface area contributed by atoms with Crippen LogP contribution in [-0.2, 0) is 0 Å². The molecule has 1 amide bonds. The molecule has 0 aliphatic carbocycles. The number of rotatable bonds is 5. The smallest absolute Gasteiger partial charge is 0.267 e. The maximum Gasteiger partial charge on any atom is 0.271 e. The zero-order valence-corrected chi connectivity index (χ0v) is 17.0. The summed E-state index contributed by atoms with van der Waals surface area (Å²) in [5.41, 5.74) is 7.69. The Kier molecular flexibility index (Phi) is 5.72. The molecule has 0 aliphatic rings. The number of carbonyl (C=O) groups is 1. The van der Waals surface area contributed by atoms with Gasteiger partial charge in [0.15, 0.2) is 0 Å². The number of aryl methyl sites for hydroxylation is 1. The van der Waals surface area contributed by atoms with Gasteiger partial charge >= 0.3 is 0 Å². The van der Waals surface area contributed by atoms with Gasteiger partial charge in [-0.1, -0.05) is 59.6 Å². The molecular weight excluding hydrogens is 396 g/mol. The van der Waals surface area contributed by atoms with E-state index in [0.717, 1.165) is 22.5 Å². The Morgan fingerprint density at radius 1 is 1.00 bits per heavy atom. The van der Waals surface area contributed by atoms with Crippen LogP contribution >= 0.6 is 11.6 Å². The molecule has 148 valence electrons. The van der Waals surface area contributed by atoms with Crippen molar-refractivity contribution < 1.29 is 4.79 Å². The highest BCUT2D eigenvalue weighted by Gasteiger charge is 2.11. The van der Waals surface area contributed by atoms with E-state index in [0.29, 0.717) is 10.6 Å². The SMILES string of the molecule is Cc1ccc(-c2nn(-c3ccccc3)cc2/C=N/NC(=O)c2ccc(Cl)cc2)cc1. The monoisotopic (exact) mass is 414 g/mol. The number of halogens is 1. The highest BCUT2D eigenvalue weighted by atomic mass is 35.5. The van der Waals surface area contributed by atoms with E-state index in [4.69, 9.17) is 16.7 Å². The van der Waals surface area contributed by atoms with Gasteiger partial charge in [0.2, 0.25) is 0 Å². The Hall–Kier alpha value is -3.70.